The number of rotatable bonds is 8. The first-order valence-electron chi connectivity index (χ1n) is 17.5. The second-order valence-corrected chi connectivity index (χ2v) is 13.7. The third-order valence-electron chi connectivity index (χ3n) is 10.4. The van der Waals surface area contributed by atoms with E-state index in [0.29, 0.717) is 12.8 Å². The van der Waals surface area contributed by atoms with Gasteiger partial charge >= 0.3 is 0 Å². The van der Waals surface area contributed by atoms with E-state index in [9.17, 15) is 23.2 Å². The number of likely N-dealkylation sites (tertiary alicyclic amines) is 2. The van der Waals surface area contributed by atoms with E-state index < -0.39 is 47.2 Å². The molecule has 2 heterocycles. The van der Waals surface area contributed by atoms with Crippen LogP contribution in [0.4, 0.5) is 17.6 Å². The zero-order valence-electron chi connectivity index (χ0n) is 29.1. The SMILES string of the molecule is Cc1ccccc1C=CC(=O)N1CCC(C(=O)C2CCN(C(=O)C=Cc3ccccc3C)C(c3ccc(F)cc3F)C2)CC1c1ccc(F)cc1F. The minimum Gasteiger partial charge on any atom is -0.332 e. The van der Waals surface area contributed by atoms with Gasteiger partial charge in [0.15, 0.2) is 0 Å². The first-order chi connectivity index (χ1) is 25.0. The summed E-state index contributed by atoms with van der Waals surface area (Å²) >= 11 is 0. The average molecular weight is 709 g/mol. The largest absolute Gasteiger partial charge is 0.332 e. The van der Waals surface area contributed by atoms with E-state index in [1.807, 2.05) is 62.4 Å². The van der Waals surface area contributed by atoms with Gasteiger partial charge < -0.3 is 9.80 Å². The molecule has 2 saturated heterocycles. The normalized spacial score (nSPS) is 20.8. The van der Waals surface area contributed by atoms with E-state index in [1.54, 1.807) is 12.2 Å². The van der Waals surface area contributed by atoms with Gasteiger partial charge in [-0.25, -0.2) is 17.6 Å². The summed E-state index contributed by atoms with van der Waals surface area (Å²) in [5.74, 6) is -5.12. The molecule has 4 aromatic carbocycles. The number of amides is 2. The molecule has 0 N–H and O–H groups in total. The number of aryl methyl sites for hydroxylation is 2. The van der Waals surface area contributed by atoms with E-state index in [-0.39, 0.29) is 54.7 Å². The monoisotopic (exact) mass is 708 g/mol. The van der Waals surface area contributed by atoms with Gasteiger partial charge in [0, 0.05) is 60.3 Å². The van der Waals surface area contributed by atoms with Crippen molar-refractivity contribution in [1.82, 2.24) is 9.80 Å². The number of Topliss-reactive ketones (excluding diaryl/α,β-unsaturated/α-hetero) is 1. The lowest BCUT2D eigenvalue weighted by Crippen LogP contribution is -2.46. The number of benzene rings is 4. The van der Waals surface area contributed by atoms with Crippen molar-refractivity contribution in [1.29, 1.82) is 0 Å². The van der Waals surface area contributed by atoms with Crippen LogP contribution in [0.5, 0.6) is 0 Å². The molecule has 6 rings (SSSR count). The Kier molecular flexibility index (Phi) is 11.2. The molecular weight excluding hydrogens is 668 g/mol. The molecule has 4 aromatic rings. The lowest BCUT2D eigenvalue weighted by molar-refractivity contribution is -0.139. The summed E-state index contributed by atoms with van der Waals surface area (Å²) in [6, 6.07) is 19.9. The van der Waals surface area contributed by atoms with Crippen molar-refractivity contribution in [3.8, 4) is 0 Å². The van der Waals surface area contributed by atoms with Crippen LogP contribution in [0.15, 0.2) is 97.1 Å². The van der Waals surface area contributed by atoms with Crippen molar-refractivity contribution in [3.63, 3.8) is 0 Å². The Balaban J connectivity index is 1.24. The summed E-state index contributed by atoms with van der Waals surface area (Å²) in [6.45, 7) is 4.17. The molecule has 2 fully saturated rings. The number of carbonyl (C=O) groups excluding carboxylic acids is 3. The topological polar surface area (TPSA) is 57.7 Å². The average Bonchev–Trinajstić information content (AvgIpc) is 3.13. The molecule has 4 atom stereocenters. The van der Waals surface area contributed by atoms with Gasteiger partial charge in [-0.2, -0.15) is 0 Å². The number of piperidine rings is 2. The Labute approximate surface area is 301 Å². The molecule has 0 aliphatic carbocycles. The van der Waals surface area contributed by atoms with Gasteiger partial charge in [-0.1, -0.05) is 60.7 Å². The van der Waals surface area contributed by atoms with E-state index in [0.717, 1.165) is 46.5 Å². The fraction of sp³-hybridized carbons (Fsp3) is 0.279. The molecule has 9 heteroatoms. The fourth-order valence-corrected chi connectivity index (χ4v) is 7.50. The third kappa shape index (κ3) is 8.09. The minimum absolute atomic E-state index is 0.110. The smallest absolute Gasteiger partial charge is 0.247 e. The molecular formula is C43H40F4N2O3. The molecule has 0 radical (unpaired) electrons. The van der Waals surface area contributed by atoms with Crippen LogP contribution in [0, 0.1) is 49.0 Å². The first kappa shape index (κ1) is 36.5. The van der Waals surface area contributed by atoms with Gasteiger partial charge in [-0.05, 0) is 86.1 Å². The van der Waals surface area contributed by atoms with E-state index in [1.165, 1.54) is 34.1 Å². The van der Waals surface area contributed by atoms with Crippen LogP contribution in [0.25, 0.3) is 12.2 Å². The van der Waals surface area contributed by atoms with Crippen LogP contribution in [0.3, 0.4) is 0 Å². The highest BCUT2D eigenvalue weighted by Crippen LogP contribution is 2.42. The van der Waals surface area contributed by atoms with Gasteiger partial charge in [0.25, 0.3) is 0 Å². The van der Waals surface area contributed by atoms with Crippen LogP contribution >= 0.6 is 0 Å². The lowest BCUT2D eigenvalue weighted by atomic mass is 9.75. The standard InChI is InChI=1S/C43H40F4N2O3/c1-27-7-3-5-9-29(27)11-17-41(50)48-21-19-31(23-39(48)35-15-13-33(44)25-37(35)46)43(52)32-20-22-49(40(24-32)36-16-14-34(45)26-38(36)47)42(51)18-12-30-10-6-4-8-28(30)2/h3-18,25-26,31-32,39-40H,19-24H2,1-2H3. The summed E-state index contributed by atoms with van der Waals surface area (Å²) in [7, 11) is 0. The number of carbonyl (C=O) groups is 3. The van der Waals surface area contributed by atoms with E-state index >= 15 is 8.78 Å². The van der Waals surface area contributed by atoms with Crippen molar-refractivity contribution in [2.75, 3.05) is 13.1 Å². The molecule has 5 nitrogen and oxygen atoms in total. The van der Waals surface area contributed by atoms with Crippen LogP contribution < -0.4 is 0 Å². The number of halogens is 4. The molecule has 52 heavy (non-hydrogen) atoms. The van der Waals surface area contributed by atoms with Crippen molar-refractivity contribution in [2.24, 2.45) is 11.8 Å². The molecule has 268 valence electrons. The summed E-state index contributed by atoms with van der Waals surface area (Å²) < 4.78 is 58.5. The van der Waals surface area contributed by atoms with Gasteiger partial charge in [0.2, 0.25) is 11.8 Å². The second-order valence-electron chi connectivity index (χ2n) is 13.7. The Morgan fingerprint density at radius 3 is 1.38 bits per heavy atom. The molecule has 2 aliphatic heterocycles. The molecule has 0 aromatic heterocycles. The molecule has 4 unspecified atom stereocenters. The number of hydrogen-bond acceptors (Lipinski definition) is 3. The molecule has 0 bridgehead atoms. The number of ketones is 1. The second kappa shape index (κ2) is 15.9. The number of nitrogens with zero attached hydrogens (tertiary/aromatic N) is 2. The Bertz CT molecular complexity index is 1900. The van der Waals surface area contributed by atoms with Gasteiger partial charge in [0.1, 0.15) is 29.1 Å². The van der Waals surface area contributed by atoms with Crippen molar-refractivity contribution >= 4 is 29.7 Å². The zero-order valence-corrected chi connectivity index (χ0v) is 29.1. The highest BCUT2D eigenvalue weighted by Gasteiger charge is 2.42. The van der Waals surface area contributed by atoms with Crippen LogP contribution in [0.1, 0.15) is 71.1 Å². The van der Waals surface area contributed by atoms with E-state index in [2.05, 4.69) is 0 Å². The van der Waals surface area contributed by atoms with Gasteiger partial charge in [-0.15, -0.1) is 0 Å². The zero-order chi connectivity index (χ0) is 36.9. The molecule has 0 spiro atoms. The minimum atomic E-state index is -0.837. The summed E-state index contributed by atoms with van der Waals surface area (Å²) in [6.07, 6.45) is 7.12. The Morgan fingerprint density at radius 1 is 0.596 bits per heavy atom. The van der Waals surface area contributed by atoms with Crippen LogP contribution in [0.2, 0.25) is 0 Å². The van der Waals surface area contributed by atoms with Gasteiger partial charge in [0.05, 0.1) is 12.1 Å². The third-order valence-corrected chi connectivity index (χ3v) is 10.4. The molecule has 2 amide bonds. The summed E-state index contributed by atoms with van der Waals surface area (Å²) in [5.41, 5.74) is 3.89. The molecule has 0 saturated carbocycles. The molecule has 2 aliphatic rings. The maximum atomic E-state index is 15.3. The van der Waals surface area contributed by atoms with Crippen LogP contribution in [-0.4, -0.2) is 40.5 Å². The Hall–Kier alpha value is -5.31. The number of hydrogen-bond donors (Lipinski definition) is 0. The van der Waals surface area contributed by atoms with Crippen molar-refractivity contribution in [3.05, 3.63) is 154 Å². The predicted molar refractivity (Wildman–Crippen MR) is 193 cm³/mol. The van der Waals surface area contributed by atoms with Crippen LogP contribution in [-0.2, 0) is 14.4 Å². The summed E-state index contributed by atoms with van der Waals surface area (Å²) in [5, 5.41) is 0. The highest BCUT2D eigenvalue weighted by atomic mass is 19.1. The quantitative estimate of drug-likeness (QED) is 0.136. The maximum absolute atomic E-state index is 15.3. The maximum Gasteiger partial charge on any atom is 0.247 e. The first-order valence-corrected chi connectivity index (χ1v) is 17.5. The Morgan fingerprint density at radius 2 is 1.00 bits per heavy atom. The predicted octanol–water partition coefficient (Wildman–Crippen LogP) is 9.12. The van der Waals surface area contributed by atoms with Crippen molar-refractivity contribution < 1.29 is 31.9 Å². The highest BCUT2D eigenvalue weighted by molar-refractivity contribution is 5.94. The summed E-state index contributed by atoms with van der Waals surface area (Å²) in [4.78, 5) is 44.5. The van der Waals surface area contributed by atoms with E-state index in [4.69, 9.17) is 0 Å². The van der Waals surface area contributed by atoms with Crippen molar-refractivity contribution in [2.45, 2.75) is 51.6 Å². The lowest BCUT2D eigenvalue weighted by Gasteiger charge is -2.42. The fourth-order valence-electron chi connectivity index (χ4n) is 7.50. The van der Waals surface area contributed by atoms with Gasteiger partial charge in [-0.3, -0.25) is 14.4 Å².